The smallest absolute Gasteiger partial charge is 0.300 e. The Morgan fingerprint density at radius 1 is 0.935 bits per heavy atom. The van der Waals surface area contributed by atoms with Crippen LogP contribution in [0.1, 0.15) is 24.1 Å². The molecule has 0 saturated carbocycles. The summed E-state index contributed by atoms with van der Waals surface area (Å²) in [7, 11) is 0. The number of pyridine rings is 2. The van der Waals surface area contributed by atoms with Crippen molar-refractivity contribution < 1.29 is 19.5 Å². The van der Waals surface area contributed by atoms with Crippen LogP contribution in [0.25, 0.3) is 5.76 Å². The lowest BCUT2D eigenvalue weighted by Crippen LogP contribution is -2.29. The van der Waals surface area contributed by atoms with E-state index in [0.29, 0.717) is 22.5 Å². The molecule has 1 aliphatic rings. The molecule has 1 atom stereocenters. The van der Waals surface area contributed by atoms with Crippen molar-refractivity contribution in [1.82, 2.24) is 9.97 Å². The van der Waals surface area contributed by atoms with E-state index >= 15 is 0 Å². The largest absolute Gasteiger partial charge is 0.507 e. The molecule has 8 nitrogen and oxygen atoms in total. The maximum atomic E-state index is 13.0. The van der Waals surface area contributed by atoms with Gasteiger partial charge in [0.25, 0.3) is 11.7 Å². The third-order valence-electron chi connectivity index (χ3n) is 4.89. The highest BCUT2D eigenvalue weighted by atomic mass is 16.3. The van der Waals surface area contributed by atoms with Gasteiger partial charge in [0, 0.05) is 48.6 Å². The standard InChI is InChI=1S/C23H18N4O4/c1-14(28)26-17-2-4-18(5-3-17)27-20(15-6-10-24-11-7-15)19(22(30)23(27)31)21(29)16-8-12-25-13-9-16/h2-13,20,29H,1H3,(H,26,28)/b21-19-. The maximum Gasteiger partial charge on any atom is 0.300 e. The third-order valence-corrected chi connectivity index (χ3v) is 4.89. The number of aromatic nitrogens is 2. The molecule has 0 bridgehead atoms. The van der Waals surface area contributed by atoms with E-state index in [1.54, 1.807) is 60.9 Å². The number of carbonyl (C=O) groups excluding carboxylic acids is 3. The number of carbonyl (C=O) groups is 3. The molecule has 3 aromatic rings. The molecule has 1 fully saturated rings. The highest BCUT2D eigenvalue weighted by molar-refractivity contribution is 6.51. The van der Waals surface area contributed by atoms with Gasteiger partial charge in [-0.3, -0.25) is 29.3 Å². The number of anilines is 2. The van der Waals surface area contributed by atoms with E-state index in [1.165, 1.54) is 24.2 Å². The van der Waals surface area contributed by atoms with Crippen molar-refractivity contribution in [2.75, 3.05) is 10.2 Å². The number of nitrogens with one attached hydrogen (secondary N) is 1. The zero-order valence-electron chi connectivity index (χ0n) is 16.5. The summed E-state index contributed by atoms with van der Waals surface area (Å²) in [6.45, 7) is 1.40. The number of Topliss-reactive ketones (excluding diaryl/α,β-unsaturated/α-hetero) is 1. The average molecular weight is 414 g/mol. The van der Waals surface area contributed by atoms with Gasteiger partial charge < -0.3 is 10.4 Å². The quantitative estimate of drug-likeness (QED) is 0.385. The molecule has 3 heterocycles. The molecular weight excluding hydrogens is 396 g/mol. The first-order valence-electron chi connectivity index (χ1n) is 9.46. The molecule has 1 aromatic carbocycles. The van der Waals surface area contributed by atoms with Gasteiger partial charge in [-0.05, 0) is 54.1 Å². The summed E-state index contributed by atoms with van der Waals surface area (Å²) in [5.41, 5.74) is 1.99. The molecule has 1 aliphatic heterocycles. The highest BCUT2D eigenvalue weighted by Crippen LogP contribution is 2.42. The van der Waals surface area contributed by atoms with Gasteiger partial charge in [-0.25, -0.2) is 0 Å². The zero-order valence-corrected chi connectivity index (χ0v) is 16.5. The number of aliphatic hydroxyl groups excluding tert-OH is 1. The molecule has 4 rings (SSSR count). The van der Waals surface area contributed by atoms with Crippen LogP contribution in [-0.2, 0) is 14.4 Å². The zero-order chi connectivity index (χ0) is 22.0. The fourth-order valence-corrected chi connectivity index (χ4v) is 3.53. The molecule has 0 spiro atoms. The molecule has 1 unspecified atom stereocenters. The number of hydrogen-bond donors (Lipinski definition) is 2. The minimum absolute atomic E-state index is 0.0201. The van der Waals surface area contributed by atoms with Crippen molar-refractivity contribution in [1.29, 1.82) is 0 Å². The van der Waals surface area contributed by atoms with Crippen LogP contribution >= 0.6 is 0 Å². The molecule has 2 amide bonds. The number of aliphatic hydroxyl groups is 1. The fraction of sp³-hybridized carbons (Fsp3) is 0.0870. The Balaban J connectivity index is 1.86. The minimum Gasteiger partial charge on any atom is -0.507 e. The summed E-state index contributed by atoms with van der Waals surface area (Å²) >= 11 is 0. The number of amides is 2. The normalized spacial score (nSPS) is 17.6. The Morgan fingerprint density at radius 3 is 2.10 bits per heavy atom. The first kappa shape index (κ1) is 20.0. The number of hydrogen-bond acceptors (Lipinski definition) is 6. The number of nitrogens with zero attached hydrogens (tertiary/aromatic N) is 3. The van der Waals surface area contributed by atoms with Crippen molar-refractivity contribution in [2.45, 2.75) is 13.0 Å². The van der Waals surface area contributed by atoms with Crippen molar-refractivity contribution in [3.8, 4) is 0 Å². The summed E-state index contributed by atoms with van der Waals surface area (Å²) in [5.74, 6) is -2.05. The summed E-state index contributed by atoms with van der Waals surface area (Å²) in [4.78, 5) is 46.6. The number of ketones is 1. The lowest BCUT2D eigenvalue weighted by atomic mass is 9.96. The van der Waals surface area contributed by atoms with Crippen LogP contribution in [0.4, 0.5) is 11.4 Å². The summed E-state index contributed by atoms with van der Waals surface area (Å²) in [5, 5.41) is 13.6. The molecule has 0 radical (unpaired) electrons. The highest BCUT2D eigenvalue weighted by Gasteiger charge is 2.46. The van der Waals surface area contributed by atoms with Crippen LogP contribution in [0.3, 0.4) is 0 Å². The van der Waals surface area contributed by atoms with Gasteiger partial charge in [-0.1, -0.05) is 0 Å². The second-order valence-corrected chi connectivity index (χ2v) is 6.91. The summed E-state index contributed by atoms with van der Waals surface area (Å²) in [6.07, 6.45) is 6.10. The number of rotatable bonds is 4. The molecule has 2 aromatic heterocycles. The van der Waals surface area contributed by atoms with Crippen LogP contribution in [0.2, 0.25) is 0 Å². The van der Waals surface area contributed by atoms with E-state index in [1.807, 2.05) is 0 Å². The first-order valence-corrected chi connectivity index (χ1v) is 9.46. The van der Waals surface area contributed by atoms with Crippen molar-refractivity contribution in [3.63, 3.8) is 0 Å². The molecule has 2 N–H and O–H groups in total. The van der Waals surface area contributed by atoms with Crippen molar-refractivity contribution in [3.05, 3.63) is 90.0 Å². The Kier molecular flexibility index (Phi) is 5.28. The van der Waals surface area contributed by atoms with Crippen LogP contribution in [0.15, 0.2) is 78.9 Å². The Labute approximate surface area is 177 Å². The van der Waals surface area contributed by atoms with Crippen LogP contribution < -0.4 is 10.2 Å². The predicted octanol–water partition coefficient (Wildman–Crippen LogP) is 3.06. The first-order chi connectivity index (χ1) is 15.0. The Bertz CT molecular complexity index is 1180. The maximum absolute atomic E-state index is 13.0. The van der Waals surface area contributed by atoms with Gasteiger partial charge in [0.15, 0.2) is 0 Å². The Hall–Kier alpha value is -4.33. The SMILES string of the molecule is CC(=O)Nc1ccc(N2C(=O)C(=O)/C(=C(\O)c3ccncc3)C2c2ccncc2)cc1. The van der Waals surface area contributed by atoms with Gasteiger partial charge in [0.1, 0.15) is 5.76 Å². The lowest BCUT2D eigenvalue weighted by molar-refractivity contribution is -0.132. The second kappa shape index (κ2) is 8.19. The summed E-state index contributed by atoms with van der Waals surface area (Å²) in [6, 6.07) is 12.2. The van der Waals surface area contributed by atoms with Crippen LogP contribution in [0.5, 0.6) is 0 Å². The molecular formula is C23H18N4O4. The molecule has 0 aliphatic carbocycles. The molecule has 154 valence electrons. The summed E-state index contributed by atoms with van der Waals surface area (Å²) < 4.78 is 0. The van der Waals surface area contributed by atoms with E-state index in [-0.39, 0.29) is 17.2 Å². The van der Waals surface area contributed by atoms with Gasteiger partial charge in [0.2, 0.25) is 5.91 Å². The van der Waals surface area contributed by atoms with Crippen molar-refractivity contribution in [2.24, 2.45) is 0 Å². The van der Waals surface area contributed by atoms with E-state index in [0.717, 1.165) is 0 Å². The van der Waals surface area contributed by atoms with E-state index in [4.69, 9.17) is 0 Å². The van der Waals surface area contributed by atoms with Gasteiger partial charge in [-0.15, -0.1) is 0 Å². The van der Waals surface area contributed by atoms with E-state index in [9.17, 15) is 19.5 Å². The topological polar surface area (TPSA) is 112 Å². The second-order valence-electron chi connectivity index (χ2n) is 6.91. The Morgan fingerprint density at radius 2 is 1.52 bits per heavy atom. The lowest BCUT2D eigenvalue weighted by Gasteiger charge is -2.25. The minimum atomic E-state index is -0.845. The number of benzene rings is 1. The van der Waals surface area contributed by atoms with Crippen LogP contribution in [0, 0.1) is 0 Å². The molecule has 8 heteroatoms. The predicted molar refractivity (Wildman–Crippen MR) is 114 cm³/mol. The van der Waals surface area contributed by atoms with E-state index in [2.05, 4.69) is 15.3 Å². The van der Waals surface area contributed by atoms with Crippen LogP contribution in [-0.4, -0.2) is 32.7 Å². The third kappa shape index (κ3) is 3.78. The van der Waals surface area contributed by atoms with Gasteiger partial charge in [0.05, 0.1) is 11.6 Å². The fourth-order valence-electron chi connectivity index (χ4n) is 3.53. The monoisotopic (exact) mass is 414 g/mol. The molecule has 1 saturated heterocycles. The molecule has 31 heavy (non-hydrogen) atoms. The van der Waals surface area contributed by atoms with E-state index < -0.39 is 17.7 Å². The van der Waals surface area contributed by atoms with Gasteiger partial charge in [-0.2, -0.15) is 0 Å². The average Bonchev–Trinajstić information content (AvgIpc) is 3.05. The van der Waals surface area contributed by atoms with Crippen molar-refractivity contribution >= 4 is 34.7 Å². The van der Waals surface area contributed by atoms with Gasteiger partial charge >= 0.3 is 0 Å².